The molecule has 30 heavy (non-hydrogen) atoms. The van der Waals surface area contributed by atoms with Gasteiger partial charge in [-0.3, -0.25) is 4.79 Å². The lowest BCUT2D eigenvalue weighted by atomic mass is 10.1. The average molecular weight is 407 g/mol. The van der Waals surface area contributed by atoms with Gasteiger partial charge < -0.3 is 15.4 Å². The molecule has 6 nitrogen and oxygen atoms in total. The third-order valence-corrected chi connectivity index (χ3v) is 4.47. The van der Waals surface area contributed by atoms with Crippen LogP contribution >= 0.6 is 0 Å². The third kappa shape index (κ3) is 5.20. The number of imidazole rings is 1. The number of carbonyl (C=O) groups excluding carboxylic acids is 1. The minimum Gasteiger partial charge on any atom is -0.478 e. The Bertz CT molecular complexity index is 1050. The van der Waals surface area contributed by atoms with E-state index in [2.05, 4.69) is 15.3 Å². The molecule has 0 radical (unpaired) electrons. The number of halogens is 1. The molecule has 0 saturated heterocycles. The van der Waals surface area contributed by atoms with E-state index in [1.807, 2.05) is 6.92 Å². The smallest absolute Gasteiger partial charge is 0.328 e. The van der Waals surface area contributed by atoms with E-state index < -0.39 is 5.97 Å². The van der Waals surface area contributed by atoms with Crippen LogP contribution in [-0.2, 0) is 4.79 Å². The highest BCUT2D eigenvalue weighted by Crippen LogP contribution is 2.27. The van der Waals surface area contributed by atoms with Crippen molar-refractivity contribution >= 4 is 18.0 Å². The second-order valence-corrected chi connectivity index (χ2v) is 6.72. The van der Waals surface area contributed by atoms with Gasteiger partial charge in [-0.15, -0.1) is 0 Å². The molecular weight excluding hydrogens is 385 g/mol. The number of aromatic nitrogens is 2. The van der Waals surface area contributed by atoms with Crippen molar-refractivity contribution in [2.24, 2.45) is 0 Å². The van der Waals surface area contributed by atoms with E-state index in [-0.39, 0.29) is 11.7 Å². The van der Waals surface area contributed by atoms with Gasteiger partial charge in [0.1, 0.15) is 23.0 Å². The number of hydrogen-bond acceptors (Lipinski definition) is 3. The fraction of sp³-hybridized carbons (Fsp3) is 0.174. The van der Waals surface area contributed by atoms with Gasteiger partial charge in [0.25, 0.3) is 5.91 Å². The number of aliphatic carboxylic acids is 1. The number of carboxylic acids is 1. The molecule has 7 heteroatoms. The zero-order valence-corrected chi connectivity index (χ0v) is 16.5. The third-order valence-electron chi connectivity index (χ3n) is 4.47. The molecule has 1 aromatic heterocycles. The van der Waals surface area contributed by atoms with Gasteiger partial charge in [0.2, 0.25) is 0 Å². The van der Waals surface area contributed by atoms with Crippen LogP contribution in [0.3, 0.4) is 0 Å². The summed E-state index contributed by atoms with van der Waals surface area (Å²) in [5.41, 5.74) is 2.83. The molecule has 3 aromatic rings. The maximum absolute atomic E-state index is 13.3. The van der Waals surface area contributed by atoms with Crippen LogP contribution in [0.5, 0.6) is 0 Å². The summed E-state index contributed by atoms with van der Waals surface area (Å²) in [5, 5.41) is 11.6. The summed E-state index contributed by atoms with van der Waals surface area (Å²) in [4.78, 5) is 31.0. The van der Waals surface area contributed by atoms with Crippen molar-refractivity contribution in [2.75, 3.05) is 6.54 Å². The van der Waals surface area contributed by atoms with E-state index in [0.717, 1.165) is 30.0 Å². The van der Waals surface area contributed by atoms with Crippen LogP contribution in [0.1, 0.15) is 35.8 Å². The maximum atomic E-state index is 13.3. The van der Waals surface area contributed by atoms with Gasteiger partial charge >= 0.3 is 5.97 Å². The molecule has 0 atom stereocenters. The molecule has 0 spiro atoms. The number of H-pyrrole nitrogens is 1. The number of nitrogens with zero attached hydrogens (tertiary/aromatic N) is 1. The first-order valence-corrected chi connectivity index (χ1v) is 9.63. The molecule has 0 saturated carbocycles. The van der Waals surface area contributed by atoms with Crippen LogP contribution < -0.4 is 5.32 Å². The lowest BCUT2D eigenvalue weighted by Gasteiger charge is -2.05. The number of unbranched alkanes of at least 4 members (excludes halogenated alkanes) is 1. The molecule has 1 amide bonds. The monoisotopic (exact) mass is 407 g/mol. The SMILES string of the molecule is CCCCNC(=O)c1[nH]c(-c2ccc(C=CC(=O)O)cc2)nc1-c1ccc(F)cc1. The molecule has 154 valence electrons. The molecule has 0 unspecified atom stereocenters. The van der Waals surface area contributed by atoms with Crippen molar-refractivity contribution in [3.05, 3.63) is 71.7 Å². The standard InChI is InChI=1S/C23H22FN3O3/c1-2-3-14-25-23(30)21-20(16-9-11-18(24)12-10-16)26-22(27-21)17-7-4-15(5-8-17)6-13-19(28)29/h4-13H,2-3,14H2,1H3,(H,25,30)(H,26,27)(H,28,29). The van der Waals surface area contributed by atoms with Crippen LogP contribution in [-0.4, -0.2) is 33.5 Å². The number of carbonyl (C=O) groups is 2. The first-order valence-electron chi connectivity index (χ1n) is 9.63. The van der Waals surface area contributed by atoms with Gasteiger partial charge in [-0.2, -0.15) is 0 Å². The molecule has 1 heterocycles. The molecule has 0 aliphatic carbocycles. The van der Waals surface area contributed by atoms with Crippen LogP contribution in [0.4, 0.5) is 4.39 Å². The Morgan fingerprint density at radius 2 is 1.77 bits per heavy atom. The zero-order valence-electron chi connectivity index (χ0n) is 16.5. The maximum Gasteiger partial charge on any atom is 0.328 e. The first kappa shape index (κ1) is 21.0. The molecule has 0 bridgehead atoms. The Hall–Kier alpha value is -3.74. The topological polar surface area (TPSA) is 95.1 Å². The van der Waals surface area contributed by atoms with Crippen LogP contribution in [0.2, 0.25) is 0 Å². The summed E-state index contributed by atoms with van der Waals surface area (Å²) in [7, 11) is 0. The van der Waals surface area contributed by atoms with Gasteiger partial charge in [0, 0.05) is 23.7 Å². The second kappa shape index (κ2) is 9.65. The molecule has 0 aliphatic rings. The molecule has 0 aliphatic heterocycles. The van der Waals surface area contributed by atoms with Gasteiger partial charge in [-0.1, -0.05) is 37.6 Å². The Morgan fingerprint density at radius 3 is 2.40 bits per heavy atom. The number of nitrogens with one attached hydrogen (secondary N) is 2. The summed E-state index contributed by atoms with van der Waals surface area (Å²) in [6.07, 6.45) is 4.38. The van der Waals surface area contributed by atoms with E-state index >= 15 is 0 Å². The number of hydrogen-bond donors (Lipinski definition) is 3. The lowest BCUT2D eigenvalue weighted by molar-refractivity contribution is -0.131. The van der Waals surface area contributed by atoms with E-state index in [1.54, 1.807) is 36.4 Å². The molecule has 0 fully saturated rings. The highest BCUT2D eigenvalue weighted by atomic mass is 19.1. The Kier molecular flexibility index (Phi) is 6.75. The van der Waals surface area contributed by atoms with E-state index in [1.165, 1.54) is 18.2 Å². The van der Waals surface area contributed by atoms with Crippen molar-refractivity contribution in [1.82, 2.24) is 15.3 Å². The molecular formula is C23H22FN3O3. The number of aromatic amines is 1. The van der Waals surface area contributed by atoms with Gasteiger partial charge in [-0.05, 0) is 42.3 Å². The quantitative estimate of drug-likeness (QED) is 0.378. The van der Waals surface area contributed by atoms with E-state index in [0.29, 0.717) is 29.3 Å². The van der Waals surface area contributed by atoms with Gasteiger partial charge in [-0.25, -0.2) is 14.2 Å². The summed E-state index contributed by atoms with van der Waals surface area (Å²) in [5.74, 6) is -1.17. The Labute approximate surface area is 173 Å². The molecule has 2 aromatic carbocycles. The summed E-state index contributed by atoms with van der Waals surface area (Å²) in [6.45, 7) is 2.59. The molecule has 3 rings (SSSR count). The number of amides is 1. The molecule has 3 N–H and O–H groups in total. The normalized spacial score (nSPS) is 11.0. The minimum atomic E-state index is -1.02. The summed E-state index contributed by atoms with van der Waals surface area (Å²) in [6, 6.07) is 12.9. The van der Waals surface area contributed by atoms with Crippen molar-refractivity contribution in [3.63, 3.8) is 0 Å². The Balaban J connectivity index is 1.95. The van der Waals surface area contributed by atoms with Crippen LogP contribution in [0.15, 0.2) is 54.6 Å². The van der Waals surface area contributed by atoms with E-state index in [4.69, 9.17) is 5.11 Å². The number of rotatable bonds is 8. The predicted octanol–water partition coefficient (Wildman–Crippen LogP) is 4.51. The van der Waals surface area contributed by atoms with Gasteiger partial charge in [0.15, 0.2) is 0 Å². The minimum absolute atomic E-state index is 0.275. The van der Waals surface area contributed by atoms with Gasteiger partial charge in [0.05, 0.1) is 0 Å². The largest absolute Gasteiger partial charge is 0.478 e. The van der Waals surface area contributed by atoms with Crippen molar-refractivity contribution in [3.8, 4) is 22.6 Å². The highest BCUT2D eigenvalue weighted by Gasteiger charge is 2.19. The Morgan fingerprint density at radius 1 is 1.10 bits per heavy atom. The average Bonchev–Trinajstić information content (AvgIpc) is 3.19. The first-order chi connectivity index (χ1) is 14.5. The number of carboxylic acid groups (broad SMARTS) is 1. The fourth-order valence-corrected chi connectivity index (χ4v) is 2.88. The van der Waals surface area contributed by atoms with Crippen molar-refractivity contribution in [1.29, 1.82) is 0 Å². The lowest BCUT2D eigenvalue weighted by Crippen LogP contribution is -2.25. The number of benzene rings is 2. The predicted molar refractivity (Wildman–Crippen MR) is 113 cm³/mol. The highest BCUT2D eigenvalue weighted by molar-refractivity contribution is 5.99. The summed E-state index contributed by atoms with van der Waals surface area (Å²) < 4.78 is 13.3. The fourth-order valence-electron chi connectivity index (χ4n) is 2.88. The van der Waals surface area contributed by atoms with Crippen LogP contribution in [0.25, 0.3) is 28.7 Å². The second-order valence-electron chi connectivity index (χ2n) is 6.72. The zero-order chi connectivity index (χ0) is 21.5. The van der Waals surface area contributed by atoms with Crippen LogP contribution in [0, 0.1) is 5.82 Å². The summed E-state index contributed by atoms with van der Waals surface area (Å²) >= 11 is 0. The van der Waals surface area contributed by atoms with Crippen molar-refractivity contribution in [2.45, 2.75) is 19.8 Å². The van der Waals surface area contributed by atoms with E-state index in [9.17, 15) is 14.0 Å². The van der Waals surface area contributed by atoms with Crippen molar-refractivity contribution < 1.29 is 19.1 Å².